The summed E-state index contributed by atoms with van der Waals surface area (Å²) in [7, 11) is 2.22. The van der Waals surface area contributed by atoms with Gasteiger partial charge >= 0.3 is 0 Å². The minimum atomic E-state index is 0.321. The summed E-state index contributed by atoms with van der Waals surface area (Å²) in [5, 5.41) is 5.96. The van der Waals surface area contributed by atoms with Crippen LogP contribution in [0.1, 0.15) is 31.7 Å². The topological polar surface area (TPSA) is 93.4 Å². The second-order valence-corrected chi connectivity index (χ2v) is 10.7. The number of pyridine rings is 1. The molecule has 0 amide bonds. The molecule has 0 unspecified atom stereocenters. The summed E-state index contributed by atoms with van der Waals surface area (Å²) < 4.78 is 4.16. The highest BCUT2D eigenvalue weighted by atomic mass is 15.3. The van der Waals surface area contributed by atoms with Gasteiger partial charge in [0, 0.05) is 55.7 Å². The van der Waals surface area contributed by atoms with Gasteiger partial charge in [-0.05, 0) is 44.9 Å². The van der Waals surface area contributed by atoms with Crippen molar-refractivity contribution in [3.8, 4) is 22.5 Å². The van der Waals surface area contributed by atoms with Crippen LogP contribution < -0.4 is 5.73 Å². The third-order valence-corrected chi connectivity index (χ3v) is 8.40. The molecule has 9 heteroatoms. The average Bonchev–Trinajstić information content (AvgIpc) is 3.57. The number of anilines is 1. The summed E-state index contributed by atoms with van der Waals surface area (Å²) in [5.41, 5.74) is 12.0. The number of fused-ring (bicyclic) bond motifs is 2. The molecule has 4 aromatic heterocycles. The lowest BCUT2D eigenvalue weighted by molar-refractivity contribution is 0.0815. The molecule has 2 N–H and O–H groups in total. The number of aromatic nitrogens is 6. The van der Waals surface area contributed by atoms with Gasteiger partial charge in [0.25, 0.3) is 0 Å². The Kier molecular flexibility index (Phi) is 5.82. The van der Waals surface area contributed by atoms with Gasteiger partial charge in [-0.15, -0.1) is 0 Å². The van der Waals surface area contributed by atoms with Crippen LogP contribution in [-0.4, -0.2) is 78.2 Å². The largest absolute Gasteiger partial charge is 0.383 e. The fourth-order valence-corrected chi connectivity index (χ4v) is 6.18. The molecular formula is C29H33N9. The Bertz CT molecular complexity index is 1540. The third kappa shape index (κ3) is 4.12. The second-order valence-electron chi connectivity index (χ2n) is 10.7. The normalized spacial score (nSPS) is 21.4. The lowest BCUT2D eigenvalue weighted by atomic mass is 9.90. The number of nitrogen functional groups attached to an aromatic ring is 1. The number of hydrogen-bond acceptors (Lipinski definition) is 7. The van der Waals surface area contributed by atoms with Crippen LogP contribution in [0.2, 0.25) is 0 Å². The van der Waals surface area contributed by atoms with Crippen molar-refractivity contribution in [1.29, 1.82) is 0 Å². The first-order chi connectivity index (χ1) is 18.6. The van der Waals surface area contributed by atoms with Crippen LogP contribution in [0, 0.1) is 0 Å². The molecule has 38 heavy (non-hydrogen) atoms. The Hall–Kier alpha value is -3.82. The number of rotatable bonds is 4. The van der Waals surface area contributed by atoms with Crippen molar-refractivity contribution >= 4 is 22.5 Å². The highest BCUT2D eigenvalue weighted by Crippen LogP contribution is 2.37. The zero-order valence-corrected chi connectivity index (χ0v) is 21.7. The van der Waals surface area contributed by atoms with Crippen molar-refractivity contribution in [3.05, 3.63) is 61.2 Å². The third-order valence-electron chi connectivity index (χ3n) is 8.40. The number of likely N-dealkylation sites (N-methyl/N-ethyl adjacent to an activating group) is 1. The Morgan fingerprint density at radius 1 is 0.842 bits per heavy atom. The molecular weight excluding hydrogens is 474 g/mol. The molecule has 2 fully saturated rings. The minimum Gasteiger partial charge on any atom is -0.383 e. The molecule has 5 aromatic rings. The van der Waals surface area contributed by atoms with Gasteiger partial charge in [-0.25, -0.2) is 19.6 Å². The summed E-state index contributed by atoms with van der Waals surface area (Å²) in [6.07, 6.45) is 10.2. The van der Waals surface area contributed by atoms with Crippen LogP contribution >= 0.6 is 0 Å². The number of imidazole rings is 1. The molecule has 2 aliphatic rings. The van der Waals surface area contributed by atoms with Crippen molar-refractivity contribution in [2.45, 2.75) is 37.8 Å². The molecule has 194 valence electrons. The first-order valence-electron chi connectivity index (χ1n) is 13.6. The Labute approximate surface area is 221 Å². The SMILES string of the molecule is CN1CCN(C2CCC(n3nc(-c4ccc(-c5cn6ccccc6n5)cc4)c4c(N)ncnc43)CC2)CC1. The molecule has 7 rings (SSSR count). The van der Waals surface area contributed by atoms with Crippen molar-refractivity contribution in [2.24, 2.45) is 0 Å². The van der Waals surface area contributed by atoms with Crippen molar-refractivity contribution in [1.82, 2.24) is 38.9 Å². The number of hydrogen-bond donors (Lipinski definition) is 1. The van der Waals surface area contributed by atoms with E-state index in [4.69, 9.17) is 15.8 Å². The fourth-order valence-electron chi connectivity index (χ4n) is 6.18. The van der Waals surface area contributed by atoms with Gasteiger partial charge in [-0.3, -0.25) is 4.90 Å². The maximum atomic E-state index is 6.40. The maximum Gasteiger partial charge on any atom is 0.164 e. The Balaban J connectivity index is 1.17. The monoisotopic (exact) mass is 507 g/mol. The van der Waals surface area contributed by atoms with Crippen molar-refractivity contribution in [3.63, 3.8) is 0 Å². The van der Waals surface area contributed by atoms with Crippen LogP contribution in [-0.2, 0) is 0 Å². The van der Waals surface area contributed by atoms with E-state index in [1.807, 2.05) is 28.8 Å². The van der Waals surface area contributed by atoms with E-state index in [9.17, 15) is 0 Å². The van der Waals surface area contributed by atoms with Gasteiger partial charge in [0.05, 0.1) is 17.1 Å². The molecule has 1 saturated heterocycles. The highest BCUT2D eigenvalue weighted by molar-refractivity contribution is 5.98. The molecule has 1 aliphatic carbocycles. The van der Waals surface area contributed by atoms with Crippen LogP contribution in [0.4, 0.5) is 5.82 Å². The van der Waals surface area contributed by atoms with E-state index in [1.165, 1.54) is 39.0 Å². The van der Waals surface area contributed by atoms with Gasteiger partial charge in [0.2, 0.25) is 0 Å². The molecule has 1 saturated carbocycles. The number of piperazine rings is 1. The molecule has 1 aromatic carbocycles. The zero-order chi connectivity index (χ0) is 25.6. The molecule has 0 spiro atoms. The molecule has 0 radical (unpaired) electrons. The second kappa shape index (κ2) is 9.49. The number of nitrogens with zero attached hydrogens (tertiary/aromatic N) is 8. The van der Waals surface area contributed by atoms with E-state index in [1.54, 1.807) is 6.33 Å². The molecule has 0 bridgehead atoms. The lowest BCUT2D eigenvalue weighted by Crippen LogP contribution is -2.49. The quantitative estimate of drug-likeness (QED) is 0.391. The van der Waals surface area contributed by atoms with Crippen LogP contribution in [0.3, 0.4) is 0 Å². The van der Waals surface area contributed by atoms with E-state index < -0.39 is 0 Å². The van der Waals surface area contributed by atoms with E-state index in [2.05, 4.69) is 62.0 Å². The van der Waals surface area contributed by atoms with Crippen molar-refractivity contribution < 1.29 is 0 Å². The molecule has 5 heterocycles. The van der Waals surface area contributed by atoms with Crippen LogP contribution in [0.5, 0.6) is 0 Å². The summed E-state index contributed by atoms with van der Waals surface area (Å²) in [6.45, 7) is 4.68. The smallest absolute Gasteiger partial charge is 0.164 e. The van der Waals surface area contributed by atoms with E-state index in [0.29, 0.717) is 17.9 Å². The summed E-state index contributed by atoms with van der Waals surface area (Å²) >= 11 is 0. The number of nitrogens with two attached hydrogens (primary N) is 1. The predicted octanol–water partition coefficient (Wildman–Crippen LogP) is 4.12. The molecule has 0 atom stereocenters. The fraction of sp³-hybridized carbons (Fsp3) is 0.379. The van der Waals surface area contributed by atoms with Gasteiger partial charge in [0.15, 0.2) is 5.65 Å². The highest BCUT2D eigenvalue weighted by Gasteiger charge is 2.30. The van der Waals surface area contributed by atoms with Crippen LogP contribution in [0.15, 0.2) is 61.2 Å². The minimum absolute atomic E-state index is 0.321. The molecule has 9 nitrogen and oxygen atoms in total. The standard InChI is InChI=1S/C29H33N9/c1-35-14-16-36(17-15-35)22-9-11-23(12-10-22)38-29-26(28(30)31-19-32-29)27(34-38)21-7-5-20(6-8-21)24-18-37-13-3-2-4-25(37)33-24/h2-8,13,18-19,22-23H,9-12,14-17H2,1H3,(H2,30,31,32). The van der Waals surface area contributed by atoms with Gasteiger partial charge < -0.3 is 15.0 Å². The summed E-state index contributed by atoms with van der Waals surface area (Å²) in [6, 6.07) is 15.4. The Morgan fingerprint density at radius 2 is 1.58 bits per heavy atom. The number of benzene rings is 1. The summed E-state index contributed by atoms with van der Waals surface area (Å²) in [4.78, 5) is 18.8. The first kappa shape index (κ1) is 23.3. The van der Waals surface area contributed by atoms with E-state index in [0.717, 1.165) is 52.0 Å². The average molecular weight is 508 g/mol. The van der Waals surface area contributed by atoms with E-state index >= 15 is 0 Å². The van der Waals surface area contributed by atoms with Crippen LogP contribution in [0.25, 0.3) is 39.2 Å². The van der Waals surface area contributed by atoms with E-state index in [-0.39, 0.29) is 0 Å². The van der Waals surface area contributed by atoms with Gasteiger partial charge in [0.1, 0.15) is 23.5 Å². The zero-order valence-electron chi connectivity index (χ0n) is 21.7. The summed E-state index contributed by atoms with van der Waals surface area (Å²) in [5.74, 6) is 0.479. The maximum absolute atomic E-state index is 6.40. The van der Waals surface area contributed by atoms with Gasteiger partial charge in [-0.1, -0.05) is 30.3 Å². The molecule has 1 aliphatic heterocycles. The first-order valence-corrected chi connectivity index (χ1v) is 13.6. The predicted molar refractivity (Wildman–Crippen MR) is 150 cm³/mol. The Morgan fingerprint density at radius 3 is 2.34 bits per heavy atom. The van der Waals surface area contributed by atoms with Crippen molar-refractivity contribution in [2.75, 3.05) is 39.0 Å². The van der Waals surface area contributed by atoms with Gasteiger partial charge in [-0.2, -0.15) is 5.10 Å². The lowest BCUT2D eigenvalue weighted by Gasteiger charge is -2.41.